The Balaban J connectivity index is 1.26. The fourth-order valence-electron chi connectivity index (χ4n) is 6.23. The Morgan fingerprint density at radius 1 is 0.385 bits per heavy atom. The molecule has 3 heteroatoms. The molecule has 3 aromatic heterocycles. The maximum Gasteiger partial charge on any atom is 0.159 e. The lowest BCUT2D eigenvalue weighted by Crippen LogP contribution is -1.93. The number of benzene rings is 6. The minimum Gasteiger partial charge on any atom is -0.456 e. The topological polar surface area (TPSA) is 31.2 Å². The molecule has 0 N–H and O–H groups in total. The van der Waals surface area contributed by atoms with Crippen molar-refractivity contribution in [2.45, 2.75) is 0 Å². The highest BCUT2D eigenvalue weighted by atomic mass is 16.3. The van der Waals surface area contributed by atoms with Crippen molar-refractivity contribution in [2.24, 2.45) is 0 Å². The molecule has 9 rings (SSSR count). The number of hydrogen-bond acceptors (Lipinski definition) is 2. The average Bonchev–Trinajstić information content (AvgIpc) is 3.66. The van der Waals surface area contributed by atoms with Gasteiger partial charge in [-0.25, -0.2) is 0 Å². The molecule has 0 spiro atoms. The first-order valence-corrected chi connectivity index (χ1v) is 13.2. The van der Waals surface area contributed by atoms with Gasteiger partial charge in [-0.05, 0) is 59.7 Å². The first kappa shape index (κ1) is 20.7. The third kappa shape index (κ3) is 2.87. The van der Waals surface area contributed by atoms with Gasteiger partial charge < -0.3 is 13.4 Å². The van der Waals surface area contributed by atoms with Crippen molar-refractivity contribution in [3.8, 4) is 16.8 Å². The summed E-state index contributed by atoms with van der Waals surface area (Å²) in [6, 6.07) is 44.7. The van der Waals surface area contributed by atoms with Crippen molar-refractivity contribution < 1.29 is 8.83 Å². The van der Waals surface area contributed by atoms with Crippen LogP contribution in [0, 0.1) is 0 Å². The summed E-state index contributed by atoms with van der Waals surface area (Å²) in [6.07, 6.45) is 0. The van der Waals surface area contributed by atoms with Crippen molar-refractivity contribution in [1.82, 2.24) is 4.57 Å². The SMILES string of the molecule is c1ccc2c(c1)oc1cc(-c3ccc4c(c3)oc3c(-n5c6ccccc6c6ccccc65)cccc34)ccc12. The van der Waals surface area contributed by atoms with Crippen molar-refractivity contribution >= 4 is 65.7 Å². The second-order valence-electron chi connectivity index (χ2n) is 10.1. The van der Waals surface area contributed by atoms with E-state index in [4.69, 9.17) is 8.83 Å². The summed E-state index contributed by atoms with van der Waals surface area (Å²) in [5.74, 6) is 0. The molecule has 0 aliphatic rings. The minimum atomic E-state index is 0.875. The Kier molecular flexibility index (Phi) is 4.05. The van der Waals surface area contributed by atoms with Crippen molar-refractivity contribution in [1.29, 1.82) is 0 Å². The second-order valence-corrected chi connectivity index (χ2v) is 10.1. The van der Waals surface area contributed by atoms with E-state index < -0.39 is 0 Å². The van der Waals surface area contributed by atoms with E-state index in [1.807, 2.05) is 18.2 Å². The Morgan fingerprint density at radius 2 is 0.923 bits per heavy atom. The van der Waals surface area contributed by atoms with E-state index in [2.05, 4.69) is 114 Å². The van der Waals surface area contributed by atoms with Gasteiger partial charge in [0.15, 0.2) is 5.58 Å². The smallest absolute Gasteiger partial charge is 0.159 e. The van der Waals surface area contributed by atoms with Gasteiger partial charge in [0.25, 0.3) is 0 Å². The number of nitrogens with zero attached hydrogens (tertiary/aromatic N) is 1. The van der Waals surface area contributed by atoms with Gasteiger partial charge in [-0.3, -0.25) is 0 Å². The van der Waals surface area contributed by atoms with Gasteiger partial charge >= 0.3 is 0 Å². The normalized spacial score (nSPS) is 12.1. The molecule has 3 heterocycles. The summed E-state index contributed by atoms with van der Waals surface area (Å²) in [5.41, 5.74) is 9.17. The molecule has 3 nitrogen and oxygen atoms in total. The standard InChI is InChI=1S/C36H21NO2/c1-4-12-30-24(8-1)25-9-2-5-13-31(25)37(30)32-14-7-11-29-28-19-17-23(21-35(28)39-36(29)32)22-16-18-27-26-10-3-6-15-33(26)38-34(27)20-22/h1-21H. The van der Waals surface area contributed by atoms with Gasteiger partial charge in [-0.15, -0.1) is 0 Å². The molecule has 0 aliphatic carbocycles. The fraction of sp³-hybridized carbons (Fsp3) is 0. The third-order valence-corrected chi connectivity index (χ3v) is 8.01. The monoisotopic (exact) mass is 499 g/mol. The van der Waals surface area contributed by atoms with Crippen LogP contribution in [-0.4, -0.2) is 4.57 Å². The molecule has 9 aromatic rings. The highest BCUT2D eigenvalue weighted by Gasteiger charge is 2.17. The number of fused-ring (bicyclic) bond motifs is 9. The number of aromatic nitrogens is 1. The van der Waals surface area contributed by atoms with Gasteiger partial charge in [0.05, 0.1) is 16.7 Å². The van der Waals surface area contributed by atoms with E-state index in [-0.39, 0.29) is 0 Å². The second kappa shape index (κ2) is 7.62. The van der Waals surface area contributed by atoms with E-state index in [0.29, 0.717) is 0 Å². The number of rotatable bonds is 2. The molecule has 0 saturated heterocycles. The molecule has 0 radical (unpaired) electrons. The quantitative estimate of drug-likeness (QED) is 0.237. The van der Waals surface area contributed by atoms with E-state index in [1.54, 1.807) is 0 Å². The van der Waals surface area contributed by atoms with Crippen LogP contribution in [0.2, 0.25) is 0 Å². The zero-order chi connectivity index (χ0) is 25.5. The molecule has 0 amide bonds. The predicted molar refractivity (Wildman–Crippen MR) is 161 cm³/mol. The predicted octanol–water partition coefficient (Wildman–Crippen LogP) is 10.2. The molecule has 39 heavy (non-hydrogen) atoms. The third-order valence-electron chi connectivity index (χ3n) is 8.01. The van der Waals surface area contributed by atoms with Crippen LogP contribution in [-0.2, 0) is 0 Å². The zero-order valence-electron chi connectivity index (χ0n) is 20.9. The van der Waals surface area contributed by atoms with Crippen molar-refractivity contribution in [2.75, 3.05) is 0 Å². The molecule has 0 atom stereocenters. The maximum absolute atomic E-state index is 6.66. The maximum atomic E-state index is 6.66. The Hall–Kier alpha value is -5.28. The number of furan rings is 2. The fourth-order valence-corrected chi connectivity index (χ4v) is 6.23. The van der Waals surface area contributed by atoms with Crippen molar-refractivity contribution in [3.63, 3.8) is 0 Å². The lowest BCUT2D eigenvalue weighted by molar-refractivity contribution is 0.666. The molecule has 182 valence electrons. The van der Waals surface area contributed by atoms with Gasteiger partial charge in [0.1, 0.15) is 16.7 Å². The van der Waals surface area contributed by atoms with Crippen LogP contribution in [0.25, 0.3) is 82.5 Å². The lowest BCUT2D eigenvalue weighted by atomic mass is 10.0. The van der Waals surface area contributed by atoms with Crippen molar-refractivity contribution in [3.05, 3.63) is 127 Å². The minimum absolute atomic E-state index is 0.875. The summed E-state index contributed by atoms with van der Waals surface area (Å²) < 4.78 is 15.1. The molecular weight excluding hydrogens is 478 g/mol. The first-order valence-electron chi connectivity index (χ1n) is 13.2. The first-order chi connectivity index (χ1) is 19.3. The number of para-hydroxylation sites is 4. The molecule has 0 aliphatic heterocycles. The van der Waals surface area contributed by atoms with Gasteiger partial charge in [0, 0.05) is 32.3 Å². The molecule has 0 saturated carbocycles. The summed E-state index contributed by atoms with van der Waals surface area (Å²) in [7, 11) is 0. The molecule has 0 fully saturated rings. The molecule has 6 aromatic carbocycles. The van der Waals surface area contributed by atoms with Crippen LogP contribution in [0.5, 0.6) is 0 Å². The van der Waals surface area contributed by atoms with Gasteiger partial charge in [-0.2, -0.15) is 0 Å². The zero-order valence-corrected chi connectivity index (χ0v) is 20.9. The largest absolute Gasteiger partial charge is 0.456 e. The highest BCUT2D eigenvalue weighted by Crippen LogP contribution is 2.39. The average molecular weight is 500 g/mol. The molecular formula is C36H21NO2. The Labute approximate surface area is 223 Å². The summed E-state index contributed by atoms with van der Waals surface area (Å²) in [4.78, 5) is 0. The lowest BCUT2D eigenvalue weighted by Gasteiger charge is -2.08. The Morgan fingerprint density at radius 3 is 1.64 bits per heavy atom. The van der Waals surface area contributed by atoms with Gasteiger partial charge in [0.2, 0.25) is 0 Å². The summed E-state index contributed by atoms with van der Waals surface area (Å²) in [5, 5.41) is 6.98. The van der Waals surface area contributed by atoms with E-state index >= 15 is 0 Å². The molecule has 0 unspecified atom stereocenters. The van der Waals surface area contributed by atoms with Crippen LogP contribution in [0.3, 0.4) is 0 Å². The van der Waals surface area contributed by atoms with Gasteiger partial charge in [-0.1, -0.05) is 78.9 Å². The summed E-state index contributed by atoms with van der Waals surface area (Å²) in [6.45, 7) is 0. The van der Waals surface area contributed by atoms with Crippen LogP contribution in [0.15, 0.2) is 136 Å². The van der Waals surface area contributed by atoms with E-state index in [1.165, 1.54) is 21.8 Å². The van der Waals surface area contributed by atoms with Crippen LogP contribution >= 0.6 is 0 Å². The van der Waals surface area contributed by atoms with E-state index in [0.717, 1.165) is 60.7 Å². The molecule has 0 bridgehead atoms. The Bertz CT molecular complexity index is 2350. The highest BCUT2D eigenvalue weighted by molar-refractivity contribution is 6.13. The van der Waals surface area contributed by atoms with Crippen LogP contribution < -0.4 is 0 Å². The van der Waals surface area contributed by atoms with E-state index in [9.17, 15) is 0 Å². The summed E-state index contributed by atoms with van der Waals surface area (Å²) >= 11 is 0. The number of hydrogen-bond donors (Lipinski definition) is 0. The van der Waals surface area contributed by atoms with Crippen LogP contribution in [0.1, 0.15) is 0 Å². The van der Waals surface area contributed by atoms with Crippen LogP contribution in [0.4, 0.5) is 0 Å².